The van der Waals surface area contributed by atoms with Gasteiger partial charge in [-0.15, -0.1) is 0 Å². The van der Waals surface area contributed by atoms with E-state index in [1.54, 1.807) is 22.9 Å². The molecule has 3 amide bonds. The Morgan fingerprint density at radius 1 is 1.08 bits per heavy atom. The zero-order valence-electron chi connectivity index (χ0n) is 22.6. The lowest BCUT2D eigenvalue weighted by atomic mass is 9.74. The predicted molar refractivity (Wildman–Crippen MR) is 145 cm³/mol. The first-order valence-corrected chi connectivity index (χ1v) is 13.6. The highest BCUT2D eigenvalue weighted by atomic mass is 35.5. The van der Waals surface area contributed by atoms with Crippen molar-refractivity contribution in [2.75, 3.05) is 31.6 Å². The molecule has 2 fully saturated rings. The summed E-state index contributed by atoms with van der Waals surface area (Å²) in [6, 6.07) is 3.78. The monoisotopic (exact) mass is 541 g/mol. The number of fused-ring (bicyclic) bond motifs is 2. The lowest BCUT2D eigenvalue weighted by molar-refractivity contribution is -0.151. The van der Waals surface area contributed by atoms with Crippen LogP contribution in [-0.4, -0.2) is 82.7 Å². The van der Waals surface area contributed by atoms with Crippen LogP contribution in [0.1, 0.15) is 32.8 Å². The summed E-state index contributed by atoms with van der Waals surface area (Å²) >= 11 is 6.60. The minimum atomic E-state index is -1.37. The average Bonchev–Trinajstić information content (AvgIpc) is 3.13. The molecule has 2 saturated heterocycles. The Kier molecular flexibility index (Phi) is 6.73. The second kappa shape index (κ2) is 9.50. The second-order valence-electron chi connectivity index (χ2n) is 11.6. The zero-order valence-corrected chi connectivity index (χ0v) is 23.3. The van der Waals surface area contributed by atoms with Crippen LogP contribution in [0.3, 0.4) is 0 Å². The molecule has 0 saturated carbocycles. The molecule has 4 aliphatic rings. The lowest BCUT2D eigenvalue weighted by Crippen LogP contribution is -2.59. The topological polar surface area (TPSA) is 90.4 Å². The average molecular weight is 542 g/mol. The van der Waals surface area contributed by atoms with Gasteiger partial charge >= 0.3 is 0 Å². The molecule has 204 valence electrons. The number of carbonyl (C=O) groups is 3. The number of nitrogens with zero attached hydrogens (tertiary/aromatic N) is 3. The Labute approximate surface area is 228 Å². The molecule has 8 nitrogen and oxygen atoms in total. The van der Waals surface area contributed by atoms with Gasteiger partial charge in [0.05, 0.1) is 40.8 Å². The zero-order chi connectivity index (χ0) is 27.6. The molecule has 0 aromatic heterocycles. The molecule has 0 aliphatic carbocycles. The highest BCUT2D eigenvalue weighted by molar-refractivity contribution is 6.34. The van der Waals surface area contributed by atoms with Crippen LogP contribution in [0.25, 0.3) is 0 Å². The van der Waals surface area contributed by atoms with Crippen molar-refractivity contribution in [1.82, 2.24) is 9.80 Å². The van der Waals surface area contributed by atoms with E-state index in [1.807, 2.05) is 64.1 Å². The lowest BCUT2D eigenvalue weighted by Gasteiger charge is -2.40. The Morgan fingerprint density at radius 3 is 2.45 bits per heavy atom. The minimum Gasteiger partial charge on any atom is -0.394 e. The number of rotatable bonds is 5. The van der Waals surface area contributed by atoms with Crippen LogP contribution < -0.4 is 4.90 Å². The molecule has 6 atom stereocenters. The van der Waals surface area contributed by atoms with E-state index in [4.69, 9.17) is 16.3 Å². The molecule has 1 aromatic rings. The smallest absolute Gasteiger partial charge is 0.253 e. The summed E-state index contributed by atoms with van der Waals surface area (Å²) in [6.45, 7) is 8.07. The number of benzene rings is 1. The fraction of sp³-hybridized carbons (Fsp3) is 0.552. The van der Waals surface area contributed by atoms with Crippen molar-refractivity contribution >= 4 is 35.0 Å². The van der Waals surface area contributed by atoms with Crippen LogP contribution in [0.5, 0.6) is 0 Å². The fourth-order valence-electron chi connectivity index (χ4n) is 6.96. The maximum Gasteiger partial charge on any atom is 0.253 e. The van der Waals surface area contributed by atoms with Crippen LogP contribution in [0, 0.1) is 24.7 Å². The number of aliphatic hydroxyl groups excluding tert-OH is 1. The van der Waals surface area contributed by atoms with Crippen molar-refractivity contribution in [2.24, 2.45) is 17.8 Å². The number of likely N-dealkylation sites (tertiary alicyclic amines) is 1. The molecule has 38 heavy (non-hydrogen) atoms. The summed E-state index contributed by atoms with van der Waals surface area (Å²) in [5.41, 5.74) is -1.04. The van der Waals surface area contributed by atoms with Crippen LogP contribution in [0.4, 0.5) is 5.69 Å². The van der Waals surface area contributed by atoms with Crippen LogP contribution in [0.15, 0.2) is 42.5 Å². The third-order valence-corrected chi connectivity index (χ3v) is 8.81. The number of anilines is 1. The largest absolute Gasteiger partial charge is 0.394 e. The van der Waals surface area contributed by atoms with Gasteiger partial charge in [0.2, 0.25) is 11.8 Å². The van der Waals surface area contributed by atoms with Crippen LogP contribution >= 0.6 is 11.6 Å². The molecule has 5 rings (SSSR count). The number of halogens is 1. The van der Waals surface area contributed by atoms with Crippen molar-refractivity contribution < 1.29 is 24.2 Å². The van der Waals surface area contributed by atoms with Gasteiger partial charge in [0.15, 0.2) is 0 Å². The third kappa shape index (κ3) is 3.83. The number of aliphatic hydroxyl groups is 1. The molecular weight excluding hydrogens is 506 g/mol. The number of hydrogen-bond acceptors (Lipinski definition) is 5. The molecule has 0 bridgehead atoms. The molecule has 1 N–H and O–H groups in total. The van der Waals surface area contributed by atoms with E-state index in [2.05, 4.69) is 0 Å². The molecule has 4 heterocycles. The van der Waals surface area contributed by atoms with E-state index in [0.717, 1.165) is 5.56 Å². The van der Waals surface area contributed by atoms with Gasteiger partial charge in [-0.1, -0.05) is 61.9 Å². The number of aryl methyl sites for hydroxylation is 1. The summed E-state index contributed by atoms with van der Waals surface area (Å²) in [4.78, 5) is 47.5. The van der Waals surface area contributed by atoms with E-state index in [1.165, 1.54) is 4.90 Å². The number of carbonyl (C=O) groups excluding carboxylic acids is 3. The van der Waals surface area contributed by atoms with Crippen molar-refractivity contribution in [3.8, 4) is 0 Å². The SMILES string of the molecule is Cc1cccc(Cl)c1N1CC=C[C@]23O[C@]4(C)C=CCN(C)C(=O)[C@@H]4[C@H]2C(=O)N([C@@H](CO)CC(C)C)C3C1=O. The van der Waals surface area contributed by atoms with Gasteiger partial charge in [0, 0.05) is 20.1 Å². The van der Waals surface area contributed by atoms with E-state index in [9.17, 15) is 19.5 Å². The Balaban J connectivity index is 1.71. The van der Waals surface area contributed by atoms with E-state index >= 15 is 0 Å². The van der Waals surface area contributed by atoms with Crippen LogP contribution in [0.2, 0.25) is 5.02 Å². The van der Waals surface area contributed by atoms with Crippen LogP contribution in [-0.2, 0) is 19.1 Å². The molecule has 1 unspecified atom stereocenters. The van der Waals surface area contributed by atoms with Crippen molar-refractivity contribution in [3.05, 3.63) is 53.1 Å². The maximum absolute atomic E-state index is 14.6. The Hall–Kier alpha value is -2.68. The molecular formula is C29H36ClN3O5. The number of amides is 3. The first-order chi connectivity index (χ1) is 18.0. The second-order valence-corrected chi connectivity index (χ2v) is 12.0. The van der Waals surface area contributed by atoms with E-state index in [0.29, 0.717) is 23.7 Å². The molecule has 9 heteroatoms. The molecule has 1 spiro atoms. The molecule has 0 radical (unpaired) electrons. The predicted octanol–water partition coefficient (Wildman–Crippen LogP) is 2.96. The molecule has 1 aromatic carbocycles. The summed E-state index contributed by atoms with van der Waals surface area (Å²) in [7, 11) is 1.71. The fourth-order valence-corrected chi connectivity index (χ4v) is 7.29. The van der Waals surface area contributed by atoms with E-state index < -0.39 is 35.1 Å². The number of ether oxygens (including phenoxy) is 1. The normalized spacial score (nSPS) is 33.4. The highest BCUT2D eigenvalue weighted by Crippen LogP contribution is 2.58. The summed E-state index contributed by atoms with van der Waals surface area (Å²) in [6.07, 6.45) is 7.89. The van der Waals surface area contributed by atoms with Gasteiger partial charge in [0.25, 0.3) is 5.91 Å². The first-order valence-electron chi connectivity index (χ1n) is 13.3. The highest BCUT2D eigenvalue weighted by Gasteiger charge is 2.75. The van der Waals surface area contributed by atoms with Gasteiger partial charge in [-0.3, -0.25) is 14.4 Å². The number of likely N-dealkylation sites (N-methyl/N-ethyl adjacent to an activating group) is 1. The summed E-state index contributed by atoms with van der Waals surface area (Å²) in [5.74, 6) is -2.43. The van der Waals surface area contributed by atoms with Gasteiger partial charge in [-0.05, 0) is 37.8 Å². The standard InChI is InChI=1S/C29H36ClN3O5/c1-17(2)15-19(16-34)33-24-27(37)32(23-18(3)9-6-10-20(23)30)14-8-12-29(24)22(26(33)36)21-25(35)31(5)13-7-11-28(21,4)38-29/h6-12,17,19,21-22,24,34H,13-16H2,1-5H3/t19-,21+,22+,24?,28-,29+/m1/s1. The van der Waals surface area contributed by atoms with Gasteiger partial charge in [-0.25, -0.2) is 0 Å². The Bertz CT molecular complexity index is 1210. The van der Waals surface area contributed by atoms with Gasteiger partial charge < -0.3 is 24.5 Å². The van der Waals surface area contributed by atoms with Gasteiger partial charge in [0.1, 0.15) is 11.6 Å². The van der Waals surface area contributed by atoms with Crippen molar-refractivity contribution in [1.29, 1.82) is 0 Å². The Morgan fingerprint density at radius 2 is 1.79 bits per heavy atom. The first kappa shape index (κ1) is 26.9. The maximum atomic E-state index is 14.6. The van der Waals surface area contributed by atoms with Crippen molar-refractivity contribution in [3.63, 3.8) is 0 Å². The minimum absolute atomic E-state index is 0.162. The summed E-state index contributed by atoms with van der Waals surface area (Å²) in [5, 5.41) is 10.9. The number of hydrogen-bond donors (Lipinski definition) is 1. The number of para-hydroxylation sites is 1. The van der Waals surface area contributed by atoms with E-state index in [-0.39, 0.29) is 36.8 Å². The summed E-state index contributed by atoms with van der Waals surface area (Å²) < 4.78 is 6.82. The van der Waals surface area contributed by atoms with Gasteiger partial charge in [-0.2, -0.15) is 0 Å². The van der Waals surface area contributed by atoms with Crippen molar-refractivity contribution in [2.45, 2.75) is 57.4 Å². The quantitative estimate of drug-likeness (QED) is 0.579. The molecule has 4 aliphatic heterocycles. The third-order valence-electron chi connectivity index (χ3n) is 8.50.